The third-order valence-electron chi connectivity index (χ3n) is 2.55. The van der Waals surface area contributed by atoms with Gasteiger partial charge in [-0.3, -0.25) is 9.80 Å². The van der Waals surface area contributed by atoms with Gasteiger partial charge in [-0.1, -0.05) is 40.9 Å². The van der Waals surface area contributed by atoms with E-state index in [1.807, 2.05) is 6.08 Å². The Balaban J connectivity index is 2.16. The number of nitrogens with zero attached hydrogens (tertiary/aromatic N) is 1. The standard InChI is InChI=1S/C12H11Cl3N2O/c13-8-5-10(14)9(11(15)6-8)7-12(18)17-4-2-1-3-16-17/h2,4-6,16H,1,3,7H2. The van der Waals surface area contributed by atoms with Crippen molar-refractivity contribution >= 4 is 40.7 Å². The summed E-state index contributed by atoms with van der Waals surface area (Å²) in [5.74, 6) is -0.114. The summed E-state index contributed by atoms with van der Waals surface area (Å²) in [5.41, 5.74) is 3.57. The summed E-state index contributed by atoms with van der Waals surface area (Å²) in [6, 6.07) is 3.16. The van der Waals surface area contributed by atoms with Crippen molar-refractivity contribution in [2.45, 2.75) is 12.8 Å². The largest absolute Gasteiger partial charge is 0.273 e. The lowest BCUT2D eigenvalue weighted by Crippen LogP contribution is -2.41. The lowest BCUT2D eigenvalue weighted by molar-refractivity contribution is -0.130. The second-order valence-electron chi connectivity index (χ2n) is 3.87. The number of amides is 1. The van der Waals surface area contributed by atoms with Crippen molar-refractivity contribution in [3.63, 3.8) is 0 Å². The minimum Gasteiger partial charge on any atom is -0.273 e. The van der Waals surface area contributed by atoms with E-state index in [4.69, 9.17) is 34.8 Å². The number of hydrazine groups is 1. The summed E-state index contributed by atoms with van der Waals surface area (Å²) in [6.07, 6.45) is 4.68. The average molecular weight is 306 g/mol. The molecule has 0 fully saturated rings. The lowest BCUT2D eigenvalue weighted by Gasteiger charge is -2.22. The molecule has 0 bridgehead atoms. The highest BCUT2D eigenvalue weighted by Crippen LogP contribution is 2.29. The number of nitrogens with one attached hydrogen (secondary N) is 1. The van der Waals surface area contributed by atoms with E-state index in [1.165, 1.54) is 5.01 Å². The summed E-state index contributed by atoms with van der Waals surface area (Å²) in [4.78, 5) is 12.0. The quantitative estimate of drug-likeness (QED) is 0.908. The van der Waals surface area contributed by atoms with Crippen LogP contribution in [0.25, 0.3) is 0 Å². The Morgan fingerprint density at radius 3 is 2.50 bits per heavy atom. The Bertz CT molecular complexity index is 479. The van der Waals surface area contributed by atoms with E-state index in [9.17, 15) is 4.79 Å². The van der Waals surface area contributed by atoms with Gasteiger partial charge in [-0.25, -0.2) is 5.43 Å². The summed E-state index contributed by atoms with van der Waals surface area (Å²) >= 11 is 17.9. The Morgan fingerprint density at radius 1 is 1.28 bits per heavy atom. The van der Waals surface area contributed by atoms with Gasteiger partial charge in [-0.05, 0) is 24.1 Å². The fourth-order valence-corrected chi connectivity index (χ4v) is 2.60. The summed E-state index contributed by atoms with van der Waals surface area (Å²) in [6.45, 7) is 0.740. The van der Waals surface area contributed by atoms with Gasteiger partial charge in [0, 0.05) is 27.8 Å². The molecule has 96 valence electrons. The fourth-order valence-electron chi connectivity index (χ4n) is 1.65. The number of carbonyl (C=O) groups is 1. The molecule has 3 nitrogen and oxygen atoms in total. The first kappa shape index (κ1) is 13.7. The molecule has 0 radical (unpaired) electrons. The van der Waals surface area contributed by atoms with Crippen molar-refractivity contribution in [3.8, 4) is 0 Å². The first-order valence-electron chi connectivity index (χ1n) is 5.43. The molecule has 0 aliphatic carbocycles. The van der Waals surface area contributed by atoms with Crippen molar-refractivity contribution in [1.29, 1.82) is 0 Å². The van der Waals surface area contributed by atoms with Gasteiger partial charge in [0.15, 0.2) is 0 Å². The van der Waals surface area contributed by atoms with Gasteiger partial charge >= 0.3 is 0 Å². The topological polar surface area (TPSA) is 32.3 Å². The van der Waals surface area contributed by atoms with E-state index >= 15 is 0 Å². The molecule has 2 rings (SSSR count). The maximum atomic E-state index is 12.0. The maximum Gasteiger partial charge on any atom is 0.245 e. The van der Waals surface area contributed by atoms with Gasteiger partial charge in [0.25, 0.3) is 0 Å². The molecule has 0 saturated heterocycles. The molecular formula is C12H11Cl3N2O. The minimum atomic E-state index is -0.114. The van der Waals surface area contributed by atoms with Crippen LogP contribution in [-0.4, -0.2) is 17.5 Å². The first-order chi connectivity index (χ1) is 8.58. The molecule has 0 spiro atoms. The molecular weight excluding hydrogens is 295 g/mol. The van der Waals surface area contributed by atoms with Gasteiger partial charge in [0.2, 0.25) is 5.91 Å². The van der Waals surface area contributed by atoms with Crippen LogP contribution in [0, 0.1) is 0 Å². The molecule has 1 amide bonds. The van der Waals surface area contributed by atoms with Crippen LogP contribution in [0.15, 0.2) is 24.4 Å². The monoisotopic (exact) mass is 304 g/mol. The van der Waals surface area contributed by atoms with Gasteiger partial charge in [-0.15, -0.1) is 0 Å². The van der Waals surface area contributed by atoms with Crippen LogP contribution in [0.2, 0.25) is 15.1 Å². The molecule has 1 N–H and O–H groups in total. The van der Waals surface area contributed by atoms with Crippen molar-refractivity contribution in [3.05, 3.63) is 45.0 Å². The van der Waals surface area contributed by atoms with Crippen LogP contribution in [-0.2, 0) is 11.2 Å². The number of hydrogen-bond donors (Lipinski definition) is 1. The number of benzene rings is 1. The summed E-state index contributed by atoms with van der Waals surface area (Å²) < 4.78 is 0. The first-order valence-corrected chi connectivity index (χ1v) is 6.57. The van der Waals surface area contributed by atoms with Gasteiger partial charge in [0.1, 0.15) is 0 Å². The summed E-state index contributed by atoms with van der Waals surface area (Å²) in [5, 5.41) is 2.71. The molecule has 6 heteroatoms. The molecule has 1 aromatic rings. The molecule has 0 saturated carbocycles. The zero-order valence-corrected chi connectivity index (χ0v) is 11.7. The van der Waals surface area contributed by atoms with E-state index < -0.39 is 0 Å². The van der Waals surface area contributed by atoms with Crippen molar-refractivity contribution < 1.29 is 4.79 Å². The smallest absolute Gasteiger partial charge is 0.245 e. The highest BCUT2D eigenvalue weighted by Gasteiger charge is 2.17. The van der Waals surface area contributed by atoms with Gasteiger partial charge in [-0.2, -0.15) is 0 Å². The van der Waals surface area contributed by atoms with Gasteiger partial charge in [0.05, 0.1) is 6.42 Å². The SMILES string of the molecule is O=C(Cc1c(Cl)cc(Cl)cc1Cl)N1C=CCCN1. The van der Waals surface area contributed by atoms with Crippen molar-refractivity contribution in [2.75, 3.05) is 6.54 Å². The Hall–Kier alpha value is -0.740. The van der Waals surface area contributed by atoms with Crippen LogP contribution in [0.1, 0.15) is 12.0 Å². The molecule has 0 atom stereocenters. The van der Waals surface area contributed by atoms with E-state index in [0.717, 1.165) is 13.0 Å². The predicted octanol–water partition coefficient (Wildman–Crippen LogP) is 3.44. The second kappa shape index (κ2) is 5.93. The van der Waals surface area contributed by atoms with E-state index in [1.54, 1.807) is 18.3 Å². The van der Waals surface area contributed by atoms with Crippen LogP contribution >= 0.6 is 34.8 Å². The van der Waals surface area contributed by atoms with E-state index in [-0.39, 0.29) is 12.3 Å². The van der Waals surface area contributed by atoms with Crippen molar-refractivity contribution in [1.82, 2.24) is 10.4 Å². The molecule has 1 heterocycles. The van der Waals surface area contributed by atoms with E-state index in [0.29, 0.717) is 20.6 Å². The highest BCUT2D eigenvalue weighted by molar-refractivity contribution is 6.39. The van der Waals surface area contributed by atoms with Crippen LogP contribution in [0.4, 0.5) is 0 Å². The Labute approximate surface area is 120 Å². The summed E-state index contributed by atoms with van der Waals surface area (Å²) in [7, 11) is 0. The van der Waals surface area contributed by atoms with E-state index in [2.05, 4.69) is 5.43 Å². The number of rotatable bonds is 2. The highest BCUT2D eigenvalue weighted by atomic mass is 35.5. The second-order valence-corrected chi connectivity index (χ2v) is 5.12. The van der Waals surface area contributed by atoms with Crippen LogP contribution in [0.3, 0.4) is 0 Å². The normalized spacial score (nSPS) is 14.9. The molecule has 1 aromatic carbocycles. The van der Waals surface area contributed by atoms with Crippen LogP contribution in [0.5, 0.6) is 0 Å². The molecule has 1 aliphatic heterocycles. The third kappa shape index (κ3) is 3.18. The van der Waals surface area contributed by atoms with Gasteiger partial charge < -0.3 is 0 Å². The molecule has 0 aromatic heterocycles. The number of halogens is 3. The average Bonchev–Trinajstić information content (AvgIpc) is 2.34. The number of hydrogen-bond acceptors (Lipinski definition) is 2. The molecule has 18 heavy (non-hydrogen) atoms. The van der Waals surface area contributed by atoms with Crippen molar-refractivity contribution in [2.24, 2.45) is 0 Å². The molecule has 1 aliphatic rings. The minimum absolute atomic E-state index is 0.114. The lowest BCUT2D eigenvalue weighted by atomic mass is 10.1. The zero-order valence-electron chi connectivity index (χ0n) is 9.42. The molecule has 0 unspecified atom stereocenters. The fraction of sp³-hybridized carbons (Fsp3) is 0.250. The zero-order chi connectivity index (χ0) is 13.1. The Morgan fingerprint density at radius 2 is 1.94 bits per heavy atom. The third-order valence-corrected chi connectivity index (χ3v) is 3.44. The van der Waals surface area contributed by atoms with Crippen LogP contribution < -0.4 is 5.43 Å². The maximum absolute atomic E-state index is 12.0. The Kier molecular flexibility index (Phi) is 4.51. The predicted molar refractivity (Wildman–Crippen MR) is 73.8 cm³/mol. The number of carbonyl (C=O) groups excluding carboxylic acids is 1.